The Kier molecular flexibility index (Phi) is 12.4. The molecule has 0 atom stereocenters. The second-order valence-corrected chi connectivity index (χ2v) is 5.65. The van der Waals surface area contributed by atoms with Crippen molar-refractivity contribution in [1.29, 1.82) is 0 Å². The van der Waals surface area contributed by atoms with Gasteiger partial charge in [0.25, 0.3) is 0 Å². The number of hydrogen-bond acceptors (Lipinski definition) is 3. The van der Waals surface area contributed by atoms with Gasteiger partial charge in [0.2, 0.25) is 0 Å². The lowest BCUT2D eigenvalue weighted by Crippen LogP contribution is -2.04. The van der Waals surface area contributed by atoms with Crippen LogP contribution in [-0.2, 0) is 14.4 Å². The molecular weight excluding hydrogens is 252 g/mol. The molecule has 0 heterocycles. The number of hydrogen-bond donors (Lipinski definition) is 0. The average molecular weight is 282 g/mol. The lowest BCUT2D eigenvalue weighted by Gasteiger charge is -2.02. The standard InChI is InChI=1S/C17H30O3/c1-3-4-5-8-11-16(19)13-14-17(20)12-9-6-7-10-15(2)18/h3-14H2,1-2H3. The minimum Gasteiger partial charge on any atom is -0.300 e. The molecule has 0 rings (SSSR count). The molecule has 0 aromatic rings. The maximum atomic E-state index is 11.6. The summed E-state index contributed by atoms with van der Waals surface area (Å²) in [5, 5.41) is 0. The van der Waals surface area contributed by atoms with Gasteiger partial charge >= 0.3 is 0 Å². The quantitative estimate of drug-likeness (QED) is 0.443. The van der Waals surface area contributed by atoms with Crippen LogP contribution in [0.2, 0.25) is 0 Å². The van der Waals surface area contributed by atoms with Gasteiger partial charge in [0.1, 0.15) is 17.3 Å². The molecule has 3 nitrogen and oxygen atoms in total. The van der Waals surface area contributed by atoms with Crippen LogP contribution >= 0.6 is 0 Å². The SMILES string of the molecule is CCCCCCC(=O)CCC(=O)CCCCCC(C)=O. The van der Waals surface area contributed by atoms with Crippen molar-refractivity contribution in [3.05, 3.63) is 0 Å². The Morgan fingerprint density at radius 1 is 0.600 bits per heavy atom. The zero-order valence-electron chi connectivity index (χ0n) is 13.2. The van der Waals surface area contributed by atoms with E-state index in [1.165, 1.54) is 12.8 Å². The maximum Gasteiger partial charge on any atom is 0.133 e. The summed E-state index contributed by atoms with van der Waals surface area (Å²) in [5.74, 6) is 0.630. The van der Waals surface area contributed by atoms with Gasteiger partial charge in [-0.2, -0.15) is 0 Å². The van der Waals surface area contributed by atoms with Gasteiger partial charge in [-0.3, -0.25) is 9.59 Å². The first-order valence-electron chi connectivity index (χ1n) is 8.09. The minimum absolute atomic E-state index is 0.190. The molecule has 0 fully saturated rings. The van der Waals surface area contributed by atoms with E-state index < -0.39 is 0 Å². The molecule has 0 saturated heterocycles. The third-order valence-corrected chi connectivity index (χ3v) is 3.48. The van der Waals surface area contributed by atoms with Crippen LogP contribution in [0.4, 0.5) is 0 Å². The smallest absolute Gasteiger partial charge is 0.133 e. The van der Waals surface area contributed by atoms with Crippen LogP contribution in [0.5, 0.6) is 0 Å². The van der Waals surface area contributed by atoms with E-state index in [0.717, 1.165) is 32.1 Å². The van der Waals surface area contributed by atoms with Crippen molar-refractivity contribution in [2.45, 2.75) is 90.9 Å². The van der Waals surface area contributed by atoms with Crippen molar-refractivity contribution in [1.82, 2.24) is 0 Å². The predicted octanol–water partition coefficient (Wildman–Crippen LogP) is 4.41. The Bertz CT molecular complexity index is 295. The van der Waals surface area contributed by atoms with Gasteiger partial charge in [0.15, 0.2) is 0 Å². The van der Waals surface area contributed by atoms with Gasteiger partial charge in [-0.15, -0.1) is 0 Å². The lowest BCUT2D eigenvalue weighted by molar-refractivity contribution is -0.124. The highest BCUT2D eigenvalue weighted by Crippen LogP contribution is 2.09. The van der Waals surface area contributed by atoms with E-state index in [9.17, 15) is 14.4 Å². The topological polar surface area (TPSA) is 51.2 Å². The van der Waals surface area contributed by atoms with E-state index in [1.807, 2.05) is 0 Å². The molecule has 0 aliphatic heterocycles. The Labute approximate surface area is 123 Å². The molecule has 0 radical (unpaired) electrons. The molecule has 0 amide bonds. The monoisotopic (exact) mass is 282 g/mol. The van der Waals surface area contributed by atoms with Crippen molar-refractivity contribution >= 4 is 17.3 Å². The molecule has 0 saturated carbocycles. The Morgan fingerprint density at radius 2 is 1.05 bits per heavy atom. The normalized spacial score (nSPS) is 10.5. The molecule has 0 aliphatic carbocycles. The highest BCUT2D eigenvalue weighted by atomic mass is 16.1. The van der Waals surface area contributed by atoms with Gasteiger partial charge in [0, 0.05) is 32.1 Å². The lowest BCUT2D eigenvalue weighted by atomic mass is 10.0. The summed E-state index contributed by atoms with van der Waals surface area (Å²) >= 11 is 0. The number of carbonyl (C=O) groups excluding carboxylic acids is 3. The van der Waals surface area contributed by atoms with E-state index in [-0.39, 0.29) is 17.3 Å². The second-order valence-electron chi connectivity index (χ2n) is 5.65. The van der Waals surface area contributed by atoms with E-state index in [1.54, 1.807) is 6.92 Å². The predicted molar refractivity (Wildman–Crippen MR) is 81.8 cm³/mol. The minimum atomic E-state index is 0.190. The number of Topliss-reactive ketones (excluding diaryl/α,β-unsaturated/α-hetero) is 3. The van der Waals surface area contributed by atoms with E-state index in [0.29, 0.717) is 32.1 Å². The van der Waals surface area contributed by atoms with Gasteiger partial charge < -0.3 is 4.79 Å². The first kappa shape index (κ1) is 19.0. The van der Waals surface area contributed by atoms with Gasteiger partial charge in [-0.25, -0.2) is 0 Å². The van der Waals surface area contributed by atoms with Gasteiger partial charge in [-0.05, 0) is 26.2 Å². The Hall–Kier alpha value is -0.990. The summed E-state index contributed by atoms with van der Waals surface area (Å²) in [5.41, 5.74) is 0. The maximum absolute atomic E-state index is 11.6. The molecule has 20 heavy (non-hydrogen) atoms. The van der Waals surface area contributed by atoms with Gasteiger partial charge in [0.05, 0.1) is 0 Å². The number of ketones is 3. The molecule has 0 unspecified atom stereocenters. The second kappa shape index (κ2) is 13.0. The first-order valence-corrected chi connectivity index (χ1v) is 8.09. The molecule has 0 spiro atoms. The fourth-order valence-electron chi connectivity index (χ4n) is 2.15. The molecule has 3 heteroatoms. The summed E-state index contributed by atoms with van der Waals surface area (Å²) in [4.78, 5) is 33.9. The highest BCUT2D eigenvalue weighted by Gasteiger charge is 2.07. The van der Waals surface area contributed by atoms with Crippen LogP contribution in [0.3, 0.4) is 0 Å². The van der Waals surface area contributed by atoms with E-state index >= 15 is 0 Å². The van der Waals surface area contributed by atoms with Crippen LogP contribution in [-0.4, -0.2) is 17.3 Å². The van der Waals surface area contributed by atoms with Crippen LogP contribution in [0.25, 0.3) is 0 Å². The van der Waals surface area contributed by atoms with Crippen molar-refractivity contribution in [2.24, 2.45) is 0 Å². The van der Waals surface area contributed by atoms with Crippen molar-refractivity contribution in [3.63, 3.8) is 0 Å². The van der Waals surface area contributed by atoms with Crippen LogP contribution in [0, 0.1) is 0 Å². The number of rotatable bonds is 14. The van der Waals surface area contributed by atoms with Crippen molar-refractivity contribution in [2.75, 3.05) is 0 Å². The summed E-state index contributed by atoms with van der Waals surface area (Å²) in [6.07, 6.45) is 9.71. The Balaban J connectivity index is 3.43. The number of carbonyl (C=O) groups is 3. The van der Waals surface area contributed by atoms with E-state index in [2.05, 4.69) is 6.92 Å². The summed E-state index contributed by atoms with van der Waals surface area (Å²) in [6, 6.07) is 0. The summed E-state index contributed by atoms with van der Waals surface area (Å²) in [7, 11) is 0. The van der Waals surface area contributed by atoms with Crippen LogP contribution in [0.1, 0.15) is 90.9 Å². The molecule has 0 aliphatic rings. The molecule has 0 aromatic heterocycles. The number of unbranched alkanes of at least 4 members (excludes halogenated alkanes) is 5. The van der Waals surface area contributed by atoms with E-state index in [4.69, 9.17) is 0 Å². The fraction of sp³-hybridized carbons (Fsp3) is 0.824. The van der Waals surface area contributed by atoms with Crippen molar-refractivity contribution in [3.8, 4) is 0 Å². The largest absolute Gasteiger partial charge is 0.300 e. The molecular formula is C17H30O3. The molecule has 116 valence electrons. The molecule has 0 bridgehead atoms. The van der Waals surface area contributed by atoms with Crippen LogP contribution < -0.4 is 0 Å². The zero-order valence-corrected chi connectivity index (χ0v) is 13.2. The molecule has 0 N–H and O–H groups in total. The fourth-order valence-corrected chi connectivity index (χ4v) is 2.15. The zero-order chi connectivity index (χ0) is 15.2. The van der Waals surface area contributed by atoms with Crippen molar-refractivity contribution < 1.29 is 14.4 Å². The first-order chi connectivity index (χ1) is 9.56. The summed E-state index contributed by atoms with van der Waals surface area (Å²) in [6.45, 7) is 3.74. The molecule has 0 aromatic carbocycles. The van der Waals surface area contributed by atoms with Gasteiger partial charge in [-0.1, -0.05) is 32.6 Å². The average Bonchev–Trinajstić information content (AvgIpc) is 2.40. The highest BCUT2D eigenvalue weighted by molar-refractivity contribution is 5.85. The summed E-state index contributed by atoms with van der Waals surface area (Å²) < 4.78 is 0. The third kappa shape index (κ3) is 13.4. The Morgan fingerprint density at radius 3 is 1.50 bits per heavy atom. The third-order valence-electron chi connectivity index (χ3n) is 3.48. The van der Waals surface area contributed by atoms with Crippen LogP contribution in [0.15, 0.2) is 0 Å².